The minimum absolute atomic E-state index is 0.0142. The molecule has 1 fully saturated rings. The lowest BCUT2D eigenvalue weighted by molar-refractivity contribution is 0.0592. The first kappa shape index (κ1) is 17.1. The molecule has 0 saturated carbocycles. The monoisotopic (exact) mass is 341 g/mol. The van der Waals surface area contributed by atoms with Gasteiger partial charge in [-0.1, -0.05) is 12.1 Å². The molecular formula is C20H23NO4. The van der Waals surface area contributed by atoms with E-state index in [0.29, 0.717) is 24.4 Å². The van der Waals surface area contributed by atoms with E-state index in [1.54, 1.807) is 20.3 Å². The zero-order valence-corrected chi connectivity index (χ0v) is 14.6. The summed E-state index contributed by atoms with van der Waals surface area (Å²) < 4.78 is 16.5. The second kappa shape index (κ2) is 7.92. The molecule has 132 valence electrons. The molecule has 0 aromatic heterocycles. The van der Waals surface area contributed by atoms with Gasteiger partial charge in [-0.05, 0) is 36.4 Å². The predicted molar refractivity (Wildman–Crippen MR) is 95.5 cm³/mol. The van der Waals surface area contributed by atoms with Crippen molar-refractivity contribution in [1.29, 1.82) is 0 Å². The smallest absolute Gasteiger partial charge is 0.257 e. The number of likely N-dealkylation sites (tertiary alicyclic amines) is 1. The summed E-state index contributed by atoms with van der Waals surface area (Å²) in [4.78, 5) is 14.6. The fourth-order valence-corrected chi connectivity index (χ4v) is 3.02. The third-order valence-electron chi connectivity index (χ3n) is 4.43. The summed E-state index contributed by atoms with van der Waals surface area (Å²) >= 11 is 0. The van der Waals surface area contributed by atoms with Crippen molar-refractivity contribution in [2.75, 3.05) is 27.3 Å². The second-order valence-corrected chi connectivity index (χ2v) is 5.99. The number of amides is 1. The molecule has 0 radical (unpaired) electrons. The van der Waals surface area contributed by atoms with Gasteiger partial charge in [0.2, 0.25) is 0 Å². The van der Waals surface area contributed by atoms with Crippen LogP contribution in [0.3, 0.4) is 0 Å². The molecule has 2 aromatic rings. The van der Waals surface area contributed by atoms with Crippen LogP contribution in [0.5, 0.6) is 17.2 Å². The molecule has 0 N–H and O–H groups in total. The Bertz CT molecular complexity index is 706. The fourth-order valence-electron chi connectivity index (χ4n) is 3.02. The molecule has 0 bridgehead atoms. The van der Waals surface area contributed by atoms with Gasteiger partial charge in [-0.3, -0.25) is 4.79 Å². The minimum Gasteiger partial charge on any atom is -0.497 e. The first-order valence-corrected chi connectivity index (χ1v) is 8.44. The highest BCUT2D eigenvalue weighted by molar-refractivity contribution is 5.97. The van der Waals surface area contributed by atoms with Crippen molar-refractivity contribution in [3.05, 3.63) is 54.1 Å². The summed E-state index contributed by atoms with van der Waals surface area (Å²) in [5, 5.41) is 0. The largest absolute Gasteiger partial charge is 0.497 e. The number of carbonyl (C=O) groups excluding carboxylic acids is 1. The van der Waals surface area contributed by atoms with Gasteiger partial charge in [0.15, 0.2) is 0 Å². The molecule has 3 rings (SSSR count). The topological polar surface area (TPSA) is 48.0 Å². The van der Waals surface area contributed by atoms with Crippen LogP contribution in [0.2, 0.25) is 0 Å². The van der Waals surface area contributed by atoms with E-state index in [2.05, 4.69) is 0 Å². The van der Waals surface area contributed by atoms with E-state index in [0.717, 1.165) is 24.3 Å². The van der Waals surface area contributed by atoms with Crippen LogP contribution in [0.1, 0.15) is 23.2 Å². The maximum absolute atomic E-state index is 12.7. The quantitative estimate of drug-likeness (QED) is 0.836. The number of nitrogens with zero attached hydrogens (tertiary/aromatic N) is 1. The Hall–Kier alpha value is -2.69. The van der Waals surface area contributed by atoms with Crippen LogP contribution in [0.4, 0.5) is 0 Å². The van der Waals surface area contributed by atoms with E-state index in [-0.39, 0.29) is 12.0 Å². The highest BCUT2D eigenvalue weighted by Crippen LogP contribution is 2.24. The van der Waals surface area contributed by atoms with Crippen LogP contribution in [0.25, 0.3) is 0 Å². The van der Waals surface area contributed by atoms with Gasteiger partial charge in [0.25, 0.3) is 5.91 Å². The Morgan fingerprint density at radius 1 is 0.920 bits per heavy atom. The van der Waals surface area contributed by atoms with Crippen molar-refractivity contribution < 1.29 is 19.0 Å². The number of para-hydroxylation sites is 1. The molecule has 1 amide bonds. The molecule has 1 heterocycles. The van der Waals surface area contributed by atoms with Crippen LogP contribution in [0.15, 0.2) is 48.5 Å². The van der Waals surface area contributed by atoms with Gasteiger partial charge in [-0.15, -0.1) is 0 Å². The molecule has 5 nitrogen and oxygen atoms in total. The van der Waals surface area contributed by atoms with E-state index in [1.165, 1.54) is 0 Å². The number of ether oxygens (including phenoxy) is 3. The number of hydrogen-bond acceptors (Lipinski definition) is 4. The van der Waals surface area contributed by atoms with Crippen molar-refractivity contribution in [3.63, 3.8) is 0 Å². The molecule has 0 aliphatic carbocycles. The Morgan fingerprint density at radius 3 is 2.20 bits per heavy atom. The molecule has 2 aromatic carbocycles. The molecule has 1 aliphatic rings. The number of piperidine rings is 1. The summed E-state index contributed by atoms with van der Waals surface area (Å²) in [6.07, 6.45) is 1.75. The van der Waals surface area contributed by atoms with Crippen molar-refractivity contribution in [3.8, 4) is 17.2 Å². The molecule has 5 heteroatoms. The molecule has 0 unspecified atom stereocenters. The van der Waals surface area contributed by atoms with Crippen molar-refractivity contribution >= 4 is 5.91 Å². The summed E-state index contributed by atoms with van der Waals surface area (Å²) in [6, 6.07) is 14.9. The molecular weight excluding hydrogens is 318 g/mol. The highest BCUT2D eigenvalue weighted by atomic mass is 16.5. The van der Waals surface area contributed by atoms with Gasteiger partial charge in [0.05, 0.1) is 19.8 Å². The summed E-state index contributed by atoms with van der Waals surface area (Å²) in [5.41, 5.74) is 0.611. The zero-order valence-electron chi connectivity index (χ0n) is 14.6. The summed E-state index contributed by atoms with van der Waals surface area (Å²) in [5.74, 6) is 2.27. The summed E-state index contributed by atoms with van der Waals surface area (Å²) in [6.45, 7) is 1.36. The second-order valence-electron chi connectivity index (χ2n) is 5.99. The van der Waals surface area contributed by atoms with E-state index in [4.69, 9.17) is 14.2 Å². The number of methoxy groups -OCH3 is 2. The van der Waals surface area contributed by atoms with Gasteiger partial charge >= 0.3 is 0 Å². The Balaban J connectivity index is 1.56. The van der Waals surface area contributed by atoms with E-state index in [1.807, 2.05) is 47.4 Å². The number of hydrogen-bond donors (Lipinski definition) is 0. The maximum atomic E-state index is 12.7. The molecule has 1 saturated heterocycles. The first-order valence-electron chi connectivity index (χ1n) is 8.44. The van der Waals surface area contributed by atoms with Crippen LogP contribution in [0, 0.1) is 0 Å². The number of rotatable bonds is 5. The number of benzene rings is 2. The Morgan fingerprint density at radius 2 is 1.56 bits per heavy atom. The minimum atomic E-state index is 0.0142. The van der Waals surface area contributed by atoms with Gasteiger partial charge in [0.1, 0.15) is 23.4 Å². The maximum Gasteiger partial charge on any atom is 0.257 e. The van der Waals surface area contributed by atoms with E-state index >= 15 is 0 Å². The first-order chi connectivity index (χ1) is 12.2. The lowest BCUT2D eigenvalue weighted by Gasteiger charge is -2.32. The fraction of sp³-hybridized carbons (Fsp3) is 0.350. The lowest BCUT2D eigenvalue weighted by atomic mass is 10.1. The average Bonchev–Trinajstić information content (AvgIpc) is 2.68. The van der Waals surface area contributed by atoms with Crippen LogP contribution >= 0.6 is 0 Å². The van der Waals surface area contributed by atoms with Crippen LogP contribution in [-0.2, 0) is 0 Å². The Kier molecular flexibility index (Phi) is 5.43. The van der Waals surface area contributed by atoms with E-state index < -0.39 is 0 Å². The van der Waals surface area contributed by atoms with Gasteiger partial charge in [0, 0.05) is 25.9 Å². The average molecular weight is 341 g/mol. The SMILES string of the molecule is COc1ccc(OC2CCN(C(=O)c3ccccc3OC)CC2)cc1. The number of carbonyl (C=O) groups is 1. The molecule has 25 heavy (non-hydrogen) atoms. The lowest BCUT2D eigenvalue weighted by Crippen LogP contribution is -2.41. The van der Waals surface area contributed by atoms with E-state index in [9.17, 15) is 4.79 Å². The van der Waals surface area contributed by atoms with Crippen molar-refractivity contribution in [2.24, 2.45) is 0 Å². The molecule has 0 atom stereocenters. The van der Waals surface area contributed by atoms with Crippen molar-refractivity contribution in [2.45, 2.75) is 18.9 Å². The van der Waals surface area contributed by atoms with Crippen LogP contribution < -0.4 is 14.2 Å². The summed E-state index contributed by atoms with van der Waals surface area (Å²) in [7, 11) is 3.23. The highest BCUT2D eigenvalue weighted by Gasteiger charge is 2.26. The van der Waals surface area contributed by atoms with Crippen molar-refractivity contribution in [1.82, 2.24) is 4.90 Å². The Labute approximate surface area is 148 Å². The molecule has 0 spiro atoms. The normalized spacial score (nSPS) is 14.9. The third kappa shape index (κ3) is 4.05. The predicted octanol–water partition coefficient (Wildman–Crippen LogP) is 3.39. The van der Waals surface area contributed by atoms with Gasteiger partial charge in [-0.2, -0.15) is 0 Å². The zero-order chi connectivity index (χ0) is 17.6. The molecule has 1 aliphatic heterocycles. The van der Waals surface area contributed by atoms with Gasteiger partial charge in [-0.25, -0.2) is 0 Å². The van der Waals surface area contributed by atoms with Gasteiger partial charge < -0.3 is 19.1 Å². The standard InChI is InChI=1S/C20H23NO4/c1-23-15-7-9-16(10-8-15)25-17-11-13-21(14-12-17)20(22)18-5-3-4-6-19(18)24-2/h3-10,17H,11-14H2,1-2H3. The van der Waals surface area contributed by atoms with Crippen LogP contribution in [-0.4, -0.2) is 44.2 Å². The third-order valence-corrected chi connectivity index (χ3v) is 4.43.